The van der Waals surface area contributed by atoms with E-state index < -0.39 is 34.0 Å². The van der Waals surface area contributed by atoms with Gasteiger partial charge in [0.05, 0.1) is 9.85 Å². The number of fused-ring (bicyclic) bond motifs is 1. The van der Waals surface area contributed by atoms with Crippen molar-refractivity contribution in [3.05, 3.63) is 73.3 Å². The Morgan fingerprint density at radius 1 is 1.14 bits per heavy atom. The first-order valence-electron chi connectivity index (χ1n) is 8.78. The molecule has 0 bridgehead atoms. The molecule has 0 radical (unpaired) electrons. The Bertz CT molecular complexity index is 1020. The van der Waals surface area contributed by atoms with Crippen LogP contribution in [-0.2, 0) is 16.0 Å². The first-order valence-corrected chi connectivity index (χ1v) is 8.78. The van der Waals surface area contributed by atoms with Crippen LogP contribution in [0.3, 0.4) is 0 Å². The highest BCUT2D eigenvalue weighted by molar-refractivity contribution is 6.00. The molecule has 1 amide bonds. The zero-order chi connectivity index (χ0) is 21.1. The fourth-order valence-corrected chi connectivity index (χ4v) is 3.30. The molecule has 0 aliphatic carbocycles. The van der Waals surface area contributed by atoms with E-state index in [-0.39, 0.29) is 11.3 Å². The number of carbonyl (C=O) groups is 2. The van der Waals surface area contributed by atoms with E-state index in [1.807, 2.05) is 0 Å². The van der Waals surface area contributed by atoms with E-state index in [1.54, 1.807) is 13.0 Å². The molecule has 0 unspecified atom stereocenters. The minimum absolute atomic E-state index is 0.0589. The van der Waals surface area contributed by atoms with Crippen LogP contribution in [0.2, 0.25) is 0 Å². The molecule has 29 heavy (non-hydrogen) atoms. The molecule has 0 atom stereocenters. The highest BCUT2D eigenvalue weighted by Gasteiger charge is 2.27. The summed E-state index contributed by atoms with van der Waals surface area (Å²) in [4.78, 5) is 47.3. The van der Waals surface area contributed by atoms with Gasteiger partial charge in [-0.15, -0.1) is 0 Å². The van der Waals surface area contributed by atoms with Crippen LogP contribution in [0.25, 0.3) is 0 Å². The van der Waals surface area contributed by atoms with E-state index in [2.05, 4.69) is 0 Å². The summed E-state index contributed by atoms with van der Waals surface area (Å²) in [5, 5.41) is 22.1. The van der Waals surface area contributed by atoms with Gasteiger partial charge in [-0.1, -0.05) is 12.1 Å². The first kappa shape index (κ1) is 19.9. The smallest absolute Gasteiger partial charge is 0.345 e. The van der Waals surface area contributed by atoms with Gasteiger partial charge in [-0.2, -0.15) is 0 Å². The van der Waals surface area contributed by atoms with E-state index in [0.717, 1.165) is 0 Å². The number of anilines is 1. The predicted octanol–water partition coefficient (Wildman–Crippen LogP) is 2.95. The second kappa shape index (κ2) is 8.05. The number of amides is 1. The number of benzene rings is 2. The van der Waals surface area contributed by atoms with E-state index in [9.17, 15) is 29.8 Å². The third-order valence-corrected chi connectivity index (χ3v) is 4.67. The molecule has 0 saturated carbocycles. The summed E-state index contributed by atoms with van der Waals surface area (Å²) >= 11 is 0. The Kier molecular flexibility index (Phi) is 5.53. The van der Waals surface area contributed by atoms with Gasteiger partial charge in [0.25, 0.3) is 17.3 Å². The number of esters is 1. The number of hydrogen-bond acceptors (Lipinski definition) is 7. The van der Waals surface area contributed by atoms with Crippen LogP contribution < -0.4 is 4.90 Å². The third-order valence-electron chi connectivity index (χ3n) is 4.67. The van der Waals surface area contributed by atoms with Gasteiger partial charge in [0.1, 0.15) is 5.56 Å². The van der Waals surface area contributed by atoms with E-state index in [1.165, 1.54) is 35.2 Å². The normalized spacial score (nSPS) is 12.8. The summed E-state index contributed by atoms with van der Waals surface area (Å²) in [6.45, 7) is 1.33. The van der Waals surface area contributed by atoms with Gasteiger partial charge in [-0.25, -0.2) is 4.79 Å². The Morgan fingerprint density at radius 2 is 1.90 bits per heavy atom. The first-order chi connectivity index (χ1) is 13.8. The van der Waals surface area contributed by atoms with Crippen molar-refractivity contribution in [3.8, 4) is 0 Å². The molecule has 0 saturated heterocycles. The number of ether oxygens (including phenoxy) is 1. The molecule has 0 aromatic heterocycles. The van der Waals surface area contributed by atoms with Gasteiger partial charge in [-0.3, -0.25) is 25.0 Å². The van der Waals surface area contributed by atoms with Crippen molar-refractivity contribution in [2.75, 3.05) is 18.1 Å². The van der Waals surface area contributed by atoms with Gasteiger partial charge >= 0.3 is 5.97 Å². The number of nitro groups is 2. The maximum absolute atomic E-state index is 12.6. The molecule has 10 heteroatoms. The quantitative estimate of drug-likeness (QED) is 0.429. The van der Waals surface area contributed by atoms with Crippen LogP contribution in [0.5, 0.6) is 0 Å². The molecule has 1 aliphatic heterocycles. The van der Waals surface area contributed by atoms with Crippen LogP contribution in [-0.4, -0.2) is 34.9 Å². The number of nitrogens with zero attached hydrogens (tertiary/aromatic N) is 3. The van der Waals surface area contributed by atoms with Gasteiger partial charge in [0.15, 0.2) is 6.61 Å². The third kappa shape index (κ3) is 4.05. The van der Waals surface area contributed by atoms with E-state index in [4.69, 9.17) is 4.74 Å². The lowest BCUT2D eigenvalue weighted by Gasteiger charge is -2.29. The summed E-state index contributed by atoms with van der Waals surface area (Å²) in [5.74, 6) is -1.46. The lowest BCUT2D eigenvalue weighted by atomic mass is 10.0. The molecule has 10 nitrogen and oxygen atoms in total. The van der Waals surface area contributed by atoms with Crippen molar-refractivity contribution < 1.29 is 24.2 Å². The Labute approximate surface area is 165 Å². The SMILES string of the molecule is Cc1cccc([N+](=O)[O-])c1C(=O)OCC(=O)N1CCCc2cc([N+](=O)[O-])ccc21. The molecule has 2 aromatic carbocycles. The molecule has 1 aliphatic rings. The van der Waals surface area contributed by atoms with Crippen molar-refractivity contribution in [2.45, 2.75) is 19.8 Å². The maximum Gasteiger partial charge on any atom is 0.345 e. The van der Waals surface area contributed by atoms with Crippen molar-refractivity contribution in [2.24, 2.45) is 0 Å². The van der Waals surface area contributed by atoms with Crippen LogP contribution in [0, 0.1) is 27.2 Å². The molecule has 1 heterocycles. The average molecular weight is 399 g/mol. The van der Waals surface area contributed by atoms with Crippen molar-refractivity contribution >= 4 is 28.9 Å². The molecule has 3 rings (SSSR count). The standard InChI is InChI=1S/C19H17N3O7/c1-12-4-2-6-16(22(27)28)18(12)19(24)29-11-17(23)20-9-3-5-13-10-14(21(25)26)7-8-15(13)20/h2,4,6-8,10H,3,5,9,11H2,1H3. The number of non-ortho nitro benzene ring substituents is 1. The Hall–Kier alpha value is -3.82. The second-order valence-corrected chi connectivity index (χ2v) is 6.52. The highest BCUT2D eigenvalue weighted by Crippen LogP contribution is 2.30. The molecule has 0 spiro atoms. The monoisotopic (exact) mass is 399 g/mol. The van der Waals surface area contributed by atoms with Gasteiger partial charge < -0.3 is 9.64 Å². The summed E-state index contributed by atoms with van der Waals surface area (Å²) in [6, 6.07) is 8.43. The highest BCUT2D eigenvalue weighted by atomic mass is 16.6. The van der Waals surface area contributed by atoms with Crippen LogP contribution in [0.4, 0.5) is 17.1 Å². The fourth-order valence-electron chi connectivity index (χ4n) is 3.30. The topological polar surface area (TPSA) is 133 Å². The molecular weight excluding hydrogens is 382 g/mol. The Morgan fingerprint density at radius 3 is 2.59 bits per heavy atom. The van der Waals surface area contributed by atoms with Crippen LogP contribution in [0.1, 0.15) is 27.9 Å². The molecule has 2 aromatic rings. The lowest BCUT2D eigenvalue weighted by molar-refractivity contribution is -0.385. The largest absolute Gasteiger partial charge is 0.452 e. The summed E-state index contributed by atoms with van der Waals surface area (Å²) in [5.41, 5.74) is 0.922. The van der Waals surface area contributed by atoms with Gasteiger partial charge in [0.2, 0.25) is 0 Å². The molecule has 0 N–H and O–H groups in total. The number of hydrogen-bond donors (Lipinski definition) is 0. The zero-order valence-electron chi connectivity index (χ0n) is 15.5. The van der Waals surface area contributed by atoms with Crippen molar-refractivity contribution in [1.29, 1.82) is 0 Å². The maximum atomic E-state index is 12.6. The van der Waals surface area contributed by atoms with E-state index >= 15 is 0 Å². The van der Waals surface area contributed by atoms with Gasteiger partial charge in [0, 0.05) is 30.4 Å². The summed E-state index contributed by atoms with van der Waals surface area (Å²) in [6.07, 6.45) is 1.20. The molecular formula is C19H17N3O7. The van der Waals surface area contributed by atoms with Crippen LogP contribution in [0.15, 0.2) is 36.4 Å². The van der Waals surface area contributed by atoms with Gasteiger partial charge in [-0.05, 0) is 37.0 Å². The summed E-state index contributed by atoms with van der Waals surface area (Å²) < 4.78 is 5.05. The zero-order valence-corrected chi connectivity index (χ0v) is 15.5. The minimum Gasteiger partial charge on any atom is -0.452 e. The van der Waals surface area contributed by atoms with Crippen LogP contribution >= 0.6 is 0 Å². The second-order valence-electron chi connectivity index (χ2n) is 6.52. The minimum atomic E-state index is -0.955. The number of nitro benzene ring substituents is 2. The number of carbonyl (C=O) groups excluding carboxylic acids is 2. The molecule has 0 fully saturated rings. The predicted molar refractivity (Wildman–Crippen MR) is 102 cm³/mol. The van der Waals surface area contributed by atoms with E-state index in [0.29, 0.717) is 36.2 Å². The lowest BCUT2D eigenvalue weighted by Crippen LogP contribution is -2.38. The fraction of sp³-hybridized carbons (Fsp3) is 0.263. The number of rotatable bonds is 5. The summed E-state index contributed by atoms with van der Waals surface area (Å²) in [7, 11) is 0. The molecule has 150 valence electrons. The van der Waals surface area contributed by atoms with Crippen molar-refractivity contribution in [3.63, 3.8) is 0 Å². The number of aryl methyl sites for hydroxylation is 2. The average Bonchev–Trinajstić information content (AvgIpc) is 2.70. The Balaban J connectivity index is 1.75. The van der Waals surface area contributed by atoms with Crippen molar-refractivity contribution in [1.82, 2.24) is 0 Å².